The van der Waals surface area contributed by atoms with Crippen LogP contribution >= 0.6 is 12.6 Å². The lowest BCUT2D eigenvalue weighted by Gasteiger charge is -2.23. The standard InChI is InChI=1S/C15H27N7O7S/c16-5-10(23)20-7(2-1-3-19-15(17)18)12(26)22-9(6-30)13(27)21-8(14(28)29)4-11(24)25/h7-9,30H,1-6,16H2,(H,20,23)(H,21,27)(H,22,26)(H,24,25)(H,28,29)(H4,17,18,19). The number of aliphatic carboxylic acids is 2. The maximum Gasteiger partial charge on any atom is 0.326 e. The maximum atomic E-state index is 12.5. The molecular formula is C15H27N7O7S. The lowest BCUT2D eigenvalue weighted by molar-refractivity contribution is -0.147. The van der Waals surface area contributed by atoms with Gasteiger partial charge in [-0.25, -0.2) is 4.79 Å². The summed E-state index contributed by atoms with van der Waals surface area (Å²) in [5.74, 6) is -5.65. The van der Waals surface area contributed by atoms with Gasteiger partial charge in [0.05, 0.1) is 13.0 Å². The van der Waals surface area contributed by atoms with Gasteiger partial charge in [-0.15, -0.1) is 0 Å². The summed E-state index contributed by atoms with van der Waals surface area (Å²) < 4.78 is 0. The van der Waals surface area contributed by atoms with E-state index in [9.17, 15) is 24.0 Å². The van der Waals surface area contributed by atoms with Crippen LogP contribution in [-0.2, 0) is 24.0 Å². The first kappa shape index (κ1) is 26.9. The van der Waals surface area contributed by atoms with Crippen LogP contribution in [-0.4, -0.2) is 82.8 Å². The van der Waals surface area contributed by atoms with Crippen LogP contribution in [0, 0.1) is 0 Å². The van der Waals surface area contributed by atoms with Crippen molar-refractivity contribution in [1.82, 2.24) is 16.0 Å². The zero-order valence-electron chi connectivity index (χ0n) is 16.0. The third-order valence-corrected chi connectivity index (χ3v) is 3.96. The minimum atomic E-state index is -1.69. The molecular weight excluding hydrogens is 422 g/mol. The van der Waals surface area contributed by atoms with Crippen LogP contribution in [0.15, 0.2) is 4.99 Å². The van der Waals surface area contributed by atoms with E-state index < -0.39 is 54.2 Å². The normalized spacial score (nSPS) is 13.3. The van der Waals surface area contributed by atoms with Gasteiger partial charge in [-0.3, -0.25) is 24.2 Å². The summed E-state index contributed by atoms with van der Waals surface area (Å²) in [5.41, 5.74) is 15.7. The molecule has 3 amide bonds. The van der Waals surface area contributed by atoms with Crippen molar-refractivity contribution in [3.63, 3.8) is 0 Å². The number of carbonyl (C=O) groups is 5. The lowest BCUT2D eigenvalue weighted by atomic mass is 10.1. The Morgan fingerprint density at radius 2 is 1.50 bits per heavy atom. The molecule has 0 saturated carbocycles. The predicted octanol–water partition coefficient (Wildman–Crippen LogP) is -4.06. The van der Waals surface area contributed by atoms with E-state index in [1.807, 2.05) is 5.32 Å². The Morgan fingerprint density at radius 3 is 1.97 bits per heavy atom. The molecule has 0 aliphatic heterocycles. The molecule has 3 atom stereocenters. The summed E-state index contributed by atoms with van der Waals surface area (Å²) in [6, 6.07) is -4.05. The molecule has 0 aromatic rings. The van der Waals surface area contributed by atoms with E-state index >= 15 is 0 Å². The fraction of sp³-hybridized carbons (Fsp3) is 0.600. The maximum absolute atomic E-state index is 12.5. The van der Waals surface area contributed by atoms with E-state index in [4.69, 9.17) is 27.4 Å². The Kier molecular flexibility index (Phi) is 12.6. The molecule has 0 radical (unpaired) electrons. The van der Waals surface area contributed by atoms with Gasteiger partial charge in [-0.05, 0) is 12.8 Å². The number of nitrogens with zero attached hydrogens (tertiary/aromatic N) is 1. The molecule has 0 aliphatic carbocycles. The highest BCUT2D eigenvalue weighted by Gasteiger charge is 2.29. The van der Waals surface area contributed by atoms with Crippen LogP contribution in [0.2, 0.25) is 0 Å². The van der Waals surface area contributed by atoms with Crippen molar-refractivity contribution in [1.29, 1.82) is 0 Å². The molecule has 170 valence electrons. The van der Waals surface area contributed by atoms with Crippen LogP contribution in [0.25, 0.3) is 0 Å². The van der Waals surface area contributed by atoms with Crippen molar-refractivity contribution >= 4 is 48.2 Å². The van der Waals surface area contributed by atoms with Gasteiger partial charge in [0.1, 0.15) is 18.1 Å². The summed E-state index contributed by atoms with van der Waals surface area (Å²) in [6.45, 7) is -0.180. The quantitative estimate of drug-likeness (QED) is 0.0536. The van der Waals surface area contributed by atoms with Gasteiger partial charge in [0, 0.05) is 12.3 Å². The second-order valence-electron chi connectivity index (χ2n) is 6.01. The molecule has 11 N–H and O–H groups in total. The number of carboxylic acid groups (broad SMARTS) is 2. The van der Waals surface area contributed by atoms with E-state index in [1.54, 1.807) is 0 Å². The number of carbonyl (C=O) groups excluding carboxylic acids is 3. The fourth-order valence-electron chi connectivity index (χ4n) is 2.14. The minimum Gasteiger partial charge on any atom is -0.481 e. The Bertz CT molecular complexity index is 670. The molecule has 30 heavy (non-hydrogen) atoms. The number of hydrogen-bond donors (Lipinski definition) is 9. The van der Waals surface area contributed by atoms with Crippen molar-refractivity contribution in [2.75, 3.05) is 18.8 Å². The first-order chi connectivity index (χ1) is 14.0. The monoisotopic (exact) mass is 449 g/mol. The van der Waals surface area contributed by atoms with E-state index in [0.29, 0.717) is 6.42 Å². The Morgan fingerprint density at radius 1 is 0.933 bits per heavy atom. The number of nitrogens with one attached hydrogen (secondary N) is 3. The molecule has 0 saturated heterocycles. The second kappa shape index (κ2) is 14.0. The van der Waals surface area contributed by atoms with Crippen molar-refractivity contribution < 1.29 is 34.2 Å². The molecule has 0 heterocycles. The SMILES string of the molecule is NCC(=O)NC(CCCN=C(N)N)C(=O)NC(CS)C(=O)NC(CC(=O)O)C(=O)O. The molecule has 0 aromatic heterocycles. The van der Waals surface area contributed by atoms with Crippen LogP contribution in [0.3, 0.4) is 0 Å². The molecule has 0 aromatic carbocycles. The van der Waals surface area contributed by atoms with Crippen LogP contribution in [0.1, 0.15) is 19.3 Å². The molecule has 0 rings (SSSR count). The average molecular weight is 449 g/mol. The largest absolute Gasteiger partial charge is 0.481 e. The number of nitrogens with two attached hydrogens (primary N) is 3. The molecule has 0 aliphatic rings. The van der Waals surface area contributed by atoms with Crippen molar-refractivity contribution in [3.8, 4) is 0 Å². The van der Waals surface area contributed by atoms with Crippen molar-refractivity contribution in [3.05, 3.63) is 0 Å². The summed E-state index contributed by atoms with van der Waals surface area (Å²) in [6.07, 6.45) is -0.418. The van der Waals surface area contributed by atoms with E-state index in [2.05, 4.69) is 28.3 Å². The van der Waals surface area contributed by atoms with Crippen LogP contribution in [0.5, 0.6) is 0 Å². The molecule has 0 spiro atoms. The number of hydrogen-bond acceptors (Lipinski definition) is 8. The number of guanidine groups is 1. The van der Waals surface area contributed by atoms with Gasteiger partial charge in [0.15, 0.2) is 5.96 Å². The zero-order valence-corrected chi connectivity index (χ0v) is 16.9. The summed E-state index contributed by atoms with van der Waals surface area (Å²) in [4.78, 5) is 61.9. The topological polar surface area (TPSA) is 252 Å². The smallest absolute Gasteiger partial charge is 0.326 e. The molecule has 0 bridgehead atoms. The third-order valence-electron chi connectivity index (χ3n) is 3.59. The Labute approximate surface area is 177 Å². The average Bonchev–Trinajstić information content (AvgIpc) is 2.66. The first-order valence-electron chi connectivity index (χ1n) is 8.72. The van der Waals surface area contributed by atoms with Gasteiger partial charge in [0.25, 0.3) is 0 Å². The Hall–Kier alpha value is -3.07. The molecule has 15 heteroatoms. The predicted molar refractivity (Wildman–Crippen MR) is 108 cm³/mol. The van der Waals surface area contributed by atoms with Gasteiger partial charge >= 0.3 is 11.9 Å². The minimum absolute atomic E-state index is 0.117. The summed E-state index contributed by atoms with van der Waals surface area (Å²) >= 11 is 3.95. The van der Waals surface area contributed by atoms with Crippen LogP contribution < -0.4 is 33.2 Å². The molecule has 0 fully saturated rings. The van der Waals surface area contributed by atoms with E-state index in [-0.39, 0.29) is 31.2 Å². The van der Waals surface area contributed by atoms with Gasteiger partial charge in [-0.2, -0.15) is 12.6 Å². The number of carboxylic acids is 2. The van der Waals surface area contributed by atoms with Gasteiger partial charge < -0.3 is 43.4 Å². The highest BCUT2D eigenvalue weighted by Crippen LogP contribution is 2.02. The number of amides is 3. The number of thiol groups is 1. The highest BCUT2D eigenvalue weighted by atomic mass is 32.1. The first-order valence-corrected chi connectivity index (χ1v) is 9.36. The lowest BCUT2D eigenvalue weighted by Crippen LogP contribution is -2.57. The molecule has 14 nitrogen and oxygen atoms in total. The van der Waals surface area contributed by atoms with Gasteiger partial charge in [-0.1, -0.05) is 0 Å². The third kappa shape index (κ3) is 11.1. The highest BCUT2D eigenvalue weighted by molar-refractivity contribution is 7.80. The zero-order chi connectivity index (χ0) is 23.3. The molecule has 3 unspecified atom stereocenters. The van der Waals surface area contributed by atoms with Gasteiger partial charge in [0.2, 0.25) is 17.7 Å². The second-order valence-corrected chi connectivity index (χ2v) is 6.38. The fourth-order valence-corrected chi connectivity index (χ4v) is 2.40. The van der Waals surface area contributed by atoms with Crippen molar-refractivity contribution in [2.45, 2.75) is 37.4 Å². The van der Waals surface area contributed by atoms with E-state index in [1.165, 1.54) is 0 Å². The Balaban J connectivity index is 5.12. The van der Waals surface area contributed by atoms with E-state index in [0.717, 1.165) is 0 Å². The van der Waals surface area contributed by atoms with Crippen LogP contribution in [0.4, 0.5) is 0 Å². The number of aliphatic imine (C=N–C) groups is 1. The number of rotatable bonds is 14. The summed E-state index contributed by atoms with van der Waals surface area (Å²) in [5, 5.41) is 24.5. The van der Waals surface area contributed by atoms with Crippen molar-refractivity contribution in [2.24, 2.45) is 22.2 Å². The summed E-state index contributed by atoms with van der Waals surface area (Å²) in [7, 11) is 0.